The van der Waals surface area contributed by atoms with E-state index in [-0.39, 0.29) is 38.6 Å². The second-order valence-corrected chi connectivity index (χ2v) is 26.5. The molecule has 2 aromatic rings. The van der Waals surface area contributed by atoms with E-state index in [1.54, 1.807) is 74.5 Å². The fourth-order valence-electron chi connectivity index (χ4n) is 11.0. The lowest BCUT2D eigenvalue weighted by atomic mass is 9.99. The summed E-state index contributed by atoms with van der Waals surface area (Å²) in [7, 11) is 0. The first-order valence-corrected chi connectivity index (χ1v) is 34.8. The van der Waals surface area contributed by atoms with E-state index in [2.05, 4.69) is 63.8 Å². The highest BCUT2D eigenvalue weighted by molar-refractivity contribution is 6.02. The Balaban J connectivity index is 1.76. The lowest BCUT2D eigenvalue weighted by Crippen LogP contribution is -2.62. The maximum absolute atomic E-state index is 14.6. The molecule has 14 atom stereocenters. The number of amides is 16. The van der Waals surface area contributed by atoms with Crippen molar-refractivity contribution >= 4 is 106 Å². The number of aliphatic hydroxyl groups excluding tert-OH is 2. The Bertz CT molecular complexity index is 3510. The molecule has 1 fully saturated rings. The summed E-state index contributed by atoms with van der Waals surface area (Å²) < 4.78 is 0. The van der Waals surface area contributed by atoms with Crippen LogP contribution < -0.4 is 92.5 Å². The molecule has 1 aliphatic rings. The van der Waals surface area contributed by atoms with Gasteiger partial charge in [0.1, 0.15) is 72.5 Å². The van der Waals surface area contributed by atoms with E-state index in [9.17, 15) is 107 Å². The second-order valence-electron chi connectivity index (χ2n) is 26.5. The molecule has 0 bridgehead atoms. The number of primary amides is 3. The Morgan fingerprint density at radius 1 is 0.481 bits per heavy atom. The number of aliphatic hydroxyl groups is 2. The second kappa shape index (κ2) is 45.3. The van der Waals surface area contributed by atoms with E-state index in [0.29, 0.717) is 30.5 Å². The number of carboxylic acids is 2. The molecular weight excluding hydrogens is 1420 g/mol. The van der Waals surface area contributed by atoms with Crippen molar-refractivity contribution in [3.8, 4) is 0 Å². The minimum Gasteiger partial charge on any atom is -0.481 e. The molecule has 40 nitrogen and oxygen atoms in total. The van der Waals surface area contributed by atoms with Crippen LogP contribution >= 0.6 is 0 Å². The summed E-state index contributed by atoms with van der Waals surface area (Å²) in [6, 6.07) is -4.28. The molecule has 0 unspecified atom stereocenters. The fraction of sp³-hybridized carbons (Fsp3) is 0.559. The number of likely N-dealkylation sites (tertiary alicyclic amines) is 1. The van der Waals surface area contributed by atoms with Gasteiger partial charge in [0, 0.05) is 25.8 Å². The molecule has 1 heterocycles. The molecule has 3 rings (SSSR count). The summed E-state index contributed by atoms with van der Waals surface area (Å²) in [5.41, 5.74) is 29.0. The van der Waals surface area contributed by atoms with Gasteiger partial charge in [0.05, 0.1) is 44.6 Å². The van der Waals surface area contributed by atoms with Crippen molar-refractivity contribution in [1.29, 1.82) is 0 Å². The monoisotopic (exact) mass is 1520 g/mol. The smallest absolute Gasteiger partial charge is 0.305 e. The van der Waals surface area contributed by atoms with Gasteiger partial charge in [0.25, 0.3) is 0 Å². The lowest BCUT2D eigenvalue weighted by molar-refractivity contribution is -0.144. The molecule has 596 valence electrons. The van der Waals surface area contributed by atoms with Crippen LogP contribution in [-0.2, 0) is 99.1 Å². The minimum atomic E-state index is -1.93. The number of carboxylic acid groups (broad SMARTS) is 2. The first kappa shape index (κ1) is 91.0. The van der Waals surface area contributed by atoms with Gasteiger partial charge in [0.15, 0.2) is 0 Å². The highest BCUT2D eigenvalue weighted by Gasteiger charge is 2.43. The molecule has 2 aromatic carbocycles. The van der Waals surface area contributed by atoms with Gasteiger partial charge < -0.3 is 118 Å². The van der Waals surface area contributed by atoms with Crippen molar-refractivity contribution in [2.45, 2.75) is 203 Å². The standard InChI is InChI=1S/C68H102N18O22/c1-33(2)53(66(106)74-31-50(91)76-46(32-87)64(104)77-40(22-23-51(92)93)59(99)75-35(5)57(97)78-41(56(73)96)26-37-16-9-7-10-17-37)83-63(103)44(29-49(72)90)82-67(107)55(36(6)88)85-65(105)47-21-15-25-86(47)68(108)54(34(3)4)84-62(102)42(27-38-18-11-8-12-19-38)80-60(100)43(28-48(71)89)81-61(101)45(30-52(94)95)79-58(98)39(70)20-13-14-24-69/h7-12,16-19,33-36,39-47,53-55,87-88H,13-15,20-32,69-70H2,1-6H3,(H2,71,89)(H2,72,90)(H2,73,96)(H,74,106)(H,75,99)(H,76,91)(H,77,104)(H,78,97)(H,79,98)(H,80,100)(H,81,101)(H,82,107)(H,83,103)(H,84,102)(H,85,105)(H,92,93)(H,94,95)/t35-,36+,39-,40-,41-,42-,43-,44-,45-,46-,47-,53-,54-,55-/m0/s1. The van der Waals surface area contributed by atoms with Crippen LogP contribution in [0.25, 0.3) is 0 Å². The van der Waals surface area contributed by atoms with Gasteiger partial charge in [-0.1, -0.05) is 94.8 Å². The van der Waals surface area contributed by atoms with Crippen molar-refractivity contribution in [1.82, 2.24) is 68.7 Å². The molecule has 40 heteroatoms. The van der Waals surface area contributed by atoms with Crippen LogP contribution in [0.2, 0.25) is 0 Å². The van der Waals surface area contributed by atoms with Gasteiger partial charge in [-0.15, -0.1) is 0 Å². The van der Waals surface area contributed by atoms with Crippen LogP contribution in [0.5, 0.6) is 0 Å². The normalized spacial score (nSPS) is 16.1. The quantitative estimate of drug-likeness (QED) is 0.0274. The van der Waals surface area contributed by atoms with E-state index in [4.69, 9.17) is 28.7 Å². The van der Waals surface area contributed by atoms with Crippen LogP contribution in [0.1, 0.15) is 117 Å². The van der Waals surface area contributed by atoms with Crippen molar-refractivity contribution in [2.75, 3.05) is 26.2 Å². The van der Waals surface area contributed by atoms with Crippen molar-refractivity contribution in [2.24, 2.45) is 40.5 Å². The predicted octanol–water partition coefficient (Wildman–Crippen LogP) is -8.35. The Hall–Kier alpha value is -11.3. The highest BCUT2D eigenvalue weighted by Crippen LogP contribution is 2.22. The average Bonchev–Trinajstić information content (AvgIpc) is 1.60. The zero-order valence-electron chi connectivity index (χ0n) is 60.8. The largest absolute Gasteiger partial charge is 0.481 e. The zero-order chi connectivity index (χ0) is 81.2. The maximum atomic E-state index is 14.6. The molecule has 1 aliphatic heterocycles. The van der Waals surface area contributed by atoms with Gasteiger partial charge in [-0.2, -0.15) is 0 Å². The number of carbonyl (C=O) groups is 18. The summed E-state index contributed by atoms with van der Waals surface area (Å²) in [6.07, 6.45) is -4.89. The number of carbonyl (C=O) groups excluding carboxylic acids is 16. The number of benzene rings is 2. The van der Waals surface area contributed by atoms with Gasteiger partial charge in [-0.25, -0.2) is 0 Å². The predicted molar refractivity (Wildman–Crippen MR) is 380 cm³/mol. The molecular formula is C68H102N18O22. The first-order chi connectivity index (χ1) is 50.8. The van der Waals surface area contributed by atoms with Crippen LogP contribution in [0.15, 0.2) is 60.7 Å². The average molecular weight is 1520 g/mol. The summed E-state index contributed by atoms with van der Waals surface area (Å²) >= 11 is 0. The molecule has 0 aromatic heterocycles. The number of nitrogens with one attached hydrogen (secondary N) is 12. The number of hydrogen-bond donors (Lipinski definition) is 21. The summed E-state index contributed by atoms with van der Waals surface area (Å²) in [4.78, 5) is 240. The molecule has 26 N–H and O–H groups in total. The SMILES string of the molecule is CC(C)[C@H](NC(=O)[C@H](CC(N)=O)NC(=O)[C@@H](NC(=O)[C@@H]1CCCN1C(=O)[C@@H](NC(=O)[C@H](Cc1ccccc1)NC(=O)[C@H](CC(N)=O)NC(=O)[C@H](CC(=O)O)NC(=O)[C@@H](N)CCCCN)C(C)C)[C@@H](C)O)C(=O)NCC(=O)N[C@@H](CO)C(=O)N[C@@H](CCC(=O)O)C(=O)N[C@@H](C)C(=O)N[C@@H](Cc1ccccc1)C(N)=O. The highest BCUT2D eigenvalue weighted by atomic mass is 16.4. The van der Waals surface area contributed by atoms with E-state index in [0.717, 1.165) is 11.8 Å². The van der Waals surface area contributed by atoms with Gasteiger partial charge in [-0.3, -0.25) is 86.3 Å². The van der Waals surface area contributed by atoms with E-state index < -0.39 is 248 Å². The van der Waals surface area contributed by atoms with Crippen molar-refractivity contribution in [3.05, 3.63) is 71.8 Å². The van der Waals surface area contributed by atoms with Crippen LogP contribution in [-0.4, -0.2) is 243 Å². The molecule has 0 radical (unpaired) electrons. The summed E-state index contributed by atoms with van der Waals surface area (Å²) in [5.74, 6) is -21.7. The molecule has 0 spiro atoms. The third kappa shape index (κ3) is 31.1. The third-order valence-corrected chi connectivity index (χ3v) is 16.9. The minimum absolute atomic E-state index is 0.000310. The van der Waals surface area contributed by atoms with Gasteiger partial charge in [0.2, 0.25) is 94.5 Å². The first-order valence-electron chi connectivity index (χ1n) is 34.8. The van der Waals surface area contributed by atoms with Crippen molar-refractivity contribution in [3.63, 3.8) is 0 Å². The van der Waals surface area contributed by atoms with Crippen LogP contribution in [0.3, 0.4) is 0 Å². The summed E-state index contributed by atoms with van der Waals surface area (Å²) in [5, 5.41) is 67.9. The maximum Gasteiger partial charge on any atom is 0.305 e. The number of nitrogens with two attached hydrogens (primary N) is 5. The number of rotatable bonds is 47. The topological polar surface area (TPSA) is 666 Å². The molecule has 108 heavy (non-hydrogen) atoms. The fourth-order valence-corrected chi connectivity index (χ4v) is 11.0. The van der Waals surface area contributed by atoms with Crippen LogP contribution in [0.4, 0.5) is 0 Å². The lowest BCUT2D eigenvalue weighted by Gasteiger charge is -2.33. The van der Waals surface area contributed by atoms with Gasteiger partial charge in [-0.05, 0) is 75.5 Å². The Labute approximate surface area is 621 Å². The Morgan fingerprint density at radius 2 is 0.944 bits per heavy atom. The Kier molecular flexibility index (Phi) is 38.1. The molecule has 1 saturated heterocycles. The molecule has 0 aliphatic carbocycles. The van der Waals surface area contributed by atoms with E-state index in [1.807, 2.05) is 0 Å². The Morgan fingerprint density at radius 3 is 1.44 bits per heavy atom. The number of aliphatic carboxylic acids is 2. The van der Waals surface area contributed by atoms with Crippen molar-refractivity contribution < 1.29 is 107 Å². The van der Waals surface area contributed by atoms with E-state index in [1.165, 1.54) is 20.8 Å². The third-order valence-electron chi connectivity index (χ3n) is 16.9. The van der Waals surface area contributed by atoms with Crippen LogP contribution in [0, 0.1) is 11.8 Å². The molecule has 0 saturated carbocycles. The summed E-state index contributed by atoms with van der Waals surface area (Å²) in [6.45, 7) is 6.44. The number of unbranched alkanes of at least 4 members (excludes halogenated alkanes) is 1. The zero-order valence-corrected chi connectivity index (χ0v) is 60.8. The van der Waals surface area contributed by atoms with Gasteiger partial charge >= 0.3 is 11.9 Å². The molecule has 16 amide bonds. The number of nitrogens with zero attached hydrogens (tertiary/aromatic N) is 1. The van der Waals surface area contributed by atoms with E-state index >= 15 is 0 Å². The number of hydrogen-bond acceptors (Lipinski definition) is 22.